The molecule has 168 valence electrons. The molecule has 1 aromatic rings. The summed E-state index contributed by atoms with van der Waals surface area (Å²) in [6.07, 6.45) is 4.85. The van der Waals surface area contributed by atoms with Crippen molar-refractivity contribution in [1.29, 1.82) is 0 Å². The maximum Gasteiger partial charge on any atom is 0.417 e. The number of carbonyl (C=O) groups excluding carboxylic acids is 1. The van der Waals surface area contributed by atoms with E-state index < -0.39 is 30.0 Å². The summed E-state index contributed by atoms with van der Waals surface area (Å²) in [5.41, 5.74) is 0.567. The molecule has 0 aromatic carbocycles. The number of aliphatic imine (C=N–C) groups is 2. The summed E-state index contributed by atoms with van der Waals surface area (Å²) >= 11 is 0. The monoisotopic (exact) mass is 454 g/mol. The van der Waals surface area contributed by atoms with Crippen LogP contribution in [0, 0.1) is 0 Å². The molecule has 2 N–H and O–H groups in total. The van der Waals surface area contributed by atoms with E-state index in [0.29, 0.717) is 25.1 Å². The van der Waals surface area contributed by atoms with E-state index in [2.05, 4.69) is 15.3 Å². The van der Waals surface area contributed by atoms with Crippen molar-refractivity contribution in [2.75, 3.05) is 19.6 Å². The van der Waals surface area contributed by atoms with Crippen LogP contribution in [0.1, 0.15) is 12.0 Å². The highest BCUT2D eigenvalue weighted by molar-refractivity contribution is 7.03. The van der Waals surface area contributed by atoms with Gasteiger partial charge in [-0.15, -0.1) is 0 Å². The van der Waals surface area contributed by atoms with Crippen LogP contribution in [-0.4, -0.2) is 60.4 Å². The number of hydrogen-bond acceptors (Lipinski definition) is 6. The van der Waals surface area contributed by atoms with Crippen LogP contribution in [0.3, 0.4) is 0 Å². The van der Waals surface area contributed by atoms with Crippen molar-refractivity contribution >= 4 is 30.1 Å². The minimum atomic E-state index is -4.70. The van der Waals surface area contributed by atoms with E-state index in [-0.39, 0.29) is 23.4 Å². The van der Waals surface area contributed by atoms with Crippen molar-refractivity contribution in [2.24, 2.45) is 9.98 Å². The zero-order valence-electron chi connectivity index (χ0n) is 17.3. The molecule has 0 atom stereocenters. The van der Waals surface area contributed by atoms with Gasteiger partial charge in [0.25, 0.3) is 5.91 Å². The standard InChI is InChI=1S/C22H18BF3N4O3/c24-22(25,26)17-7-15(14-3-6-33-11-14)8-23-19(17)29-18(20(23)31)21(32)30-4-1-13(2-5-30)16-9-27-12-28-10-16/h1,3,6-9,11-12,31H,2,4-5,10H2,(H,27,28). The molecule has 4 aliphatic heterocycles. The van der Waals surface area contributed by atoms with Gasteiger partial charge in [-0.1, -0.05) is 12.1 Å². The van der Waals surface area contributed by atoms with Crippen molar-refractivity contribution in [3.05, 3.63) is 76.6 Å². The Morgan fingerprint density at radius 3 is 2.79 bits per heavy atom. The zero-order chi connectivity index (χ0) is 23.2. The molecule has 0 radical (unpaired) electrons. The largest absolute Gasteiger partial charge is 0.519 e. The summed E-state index contributed by atoms with van der Waals surface area (Å²) in [7, 11) is 0. The van der Waals surface area contributed by atoms with Gasteiger partial charge in [-0.25, -0.2) is 0 Å². The van der Waals surface area contributed by atoms with E-state index in [0.717, 1.165) is 17.2 Å². The van der Waals surface area contributed by atoms with E-state index in [9.17, 15) is 23.1 Å². The summed E-state index contributed by atoms with van der Waals surface area (Å²) < 4.78 is 46.4. The number of rotatable bonds is 3. The Morgan fingerprint density at radius 2 is 2.15 bits per heavy atom. The number of alkyl halides is 3. The Morgan fingerprint density at radius 1 is 1.30 bits per heavy atom. The van der Waals surface area contributed by atoms with Gasteiger partial charge in [-0.2, -0.15) is 13.2 Å². The number of furan rings is 1. The molecule has 1 amide bonds. The van der Waals surface area contributed by atoms with Crippen molar-refractivity contribution in [2.45, 2.75) is 12.6 Å². The first-order valence-corrected chi connectivity index (χ1v) is 10.3. The lowest BCUT2D eigenvalue weighted by molar-refractivity contribution is -0.127. The topological polar surface area (TPSA) is 90.4 Å². The van der Waals surface area contributed by atoms with E-state index in [1.165, 1.54) is 29.5 Å². The van der Waals surface area contributed by atoms with Gasteiger partial charge >= 0.3 is 12.9 Å². The first-order chi connectivity index (χ1) is 15.8. The Kier molecular flexibility index (Phi) is 5.11. The number of hydrogen-bond donors (Lipinski definition) is 2. The Hall–Kier alpha value is -3.76. The molecule has 33 heavy (non-hydrogen) atoms. The van der Waals surface area contributed by atoms with Crippen LogP contribution in [0.2, 0.25) is 0 Å². The first kappa shape index (κ1) is 21.1. The number of allylic oxidation sites excluding steroid dienone is 3. The van der Waals surface area contributed by atoms with E-state index in [1.807, 2.05) is 12.3 Å². The molecule has 0 aliphatic carbocycles. The molecule has 5 heterocycles. The SMILES string of the molecule is O=C(C1=C(O)B2C=C(c3ccoc3)C=C(C(F)(F)F)C2=N1)N1CC=C(C2=CNC=NC2)CC1. The minimum Gasteiger partial charge on any atom is -0.519 e. The maximum absolute atomic E-state index is 13.8. The molecule has 7 nitrogen and oxygen atoms in total. The van der Waals surface area contributed by atoms with Gasteiger partial charge in [0.2, 0.25) is 0 Å². The van der Waals surface area contributed by atoms with Gasteiger partial charge < -0.3 is 19.7 Å². The predicted octanol–water partition coefficient (Wildman–Crippen LogP) is 3.18. The van der Waals surface area contributed by atoms with E-state index >= 15 is 0 Å². The van der Waals surface area contributed by atoms with Crippen LogP contribution in [0.15, 0.2) is 85.4 Å². The third kappa shape index (κ3) is 3.83. The second kappa shape index (κ2) is 7.98. The van der Waals surface area contributed by atoms with Crippen LogP contribution in [0.5, 0.6) is 0 Å². The molecule has 0 unspecified atom stereocenters. The molecular formula is C22H18BF3N4O3. The highest BCUT2D eigenvalue weighted by Gasteiger charge is 2.48. The van der Waals surface area contributed by atoms with Gasteiger partial charge in [-0.05, 0) is 35.3 Å². The van der Waals surface area contributed by atoms with Crippen LogP contribution < -0.4 is 5.32 Å². The highest BCUT2D eigenvalue weighted by Crippen LogP contribution is 2.38. The molecule has 0 spiro atoms. The molecule has 0 saturated heterocycles. The number of aliphatic hydroxyl groups excluding tert-OH is 1. The number of nitrogens with one attached hydrogen (secondary N) is 1. The third-order valence-electron chi connectivity index (χ3n) is 5.94. The van der Waals surface area contributed by atoms with Crippen LogP contribution in [0.25, 0.3) is 5.57 Å². The lowest BCUT2D eigenvalue weighted by Gasteiger charge is -2.27. The first-order valence-electron chi connectivity index (χ1n) is 10.3. The lowest BCUT2D eigenvalue weighted by atomic mass is 9.41. The number of amides is 1. The maximum atomic E-state index is 13.8. The van der Waals surface area contributed by atoms with Gasteiger partial charge in [-0.3, -0.25) is 14.8 Å². The fourth-order valence-corrected chi connectivity index (χ4v) is 4.23. The molecule has 5 rings (SSSR count). The Bertz CT molecular complexity index is 1220. The summed E-state index contributed by atoms with van der Waals surface area (Å²) in [4.78, 5) is 22.7. The summed E-state index contributed by atoms with van der Waals surface area (Å²) in [5.74, 6) is 0.865. The quantitative estimate of drug-likeness (QED) is 0.687. The van der Waals surface area contributed by atoms with Gasteiger partial charge in [0.15, 0.2) is 5.70 Å². The number of carbonyl (C=O) groups is 1. The second-order valence-electron chi connectivity index (χ2n) is 7.93. The summed E-state index contributed by atoms with van der Waals surface area (Å²) in [6, 6.07) is 1.53. The molecule has 0 saturated carbocycles. The van der Waals surface area contributed by atoms with Crippen molar-refractivity contribution in [3.8, 4) is 0 Å². The number of nitrogens with zero attached hydrogens (tertiary/aromatic N) is 3. The van der Waals surface area contributed by atoms with E-state index in [4.69, 9.17) is 4.42 Å². The number of aliphatic hydroxyl groups is 1. The van der Waals surface area contributed by atoms with Crippen molar-refractivity contribution in [1.82, 2.24) is 10.2 Å². The molecular weight excluding hydrogens is 436 g/mol. The molecule has 0 fully saturated rings. The van der Waals surface area contributed by atoms with Gasteiger partial charge in [0, 0.05) is 30.5 Å². The fraction of sp³-hybridized carbons (Fsp3) is 0.227. The third-order valence-corrected chi connectivity index (χ3v) is 5.94. The summed E-state index contributed by atoms with van der Waals surface area (Å²) in [6.45, 7) is 0.0180. The summed E-state index contributed by atoms with van der Waals surface area (Å²) in [5, 5.41) is 13.7. The van der Waals surface area contributed by atoms with Crippen LogP contribution >= 0.6 is 0 Å². The van der Waals surface area contributed by atoms with Crippen molar-refractivity contribution < 1.29 is 27.5 Å². The molecule has 1 aromatic heterocycles. The van der Waals surface area contributed by atoms with Crippen molar-refractivity contribution in [3.63, 3.8) is 0 Å². The average Bonchev–Trinajstić information content (AvgIpc) is 3.47. The normalized spacial score (nSPS) is 20.5. The van der Waals surface area contributed by atoms with Crippen LogP contribution in [0.4, 0.5) is 13.2 Å². The average molecular weight is 454 g/mol. The minimum absolute atomic E-state index is 0.239. The zero-order valence-corrected chi connectivity index (χ0v) is 17.3. The fourth-order valence-electron chi connectivity index (χ4n) is 4.23. The lowest BCUT2D eigenvalue weighted by Crippen LogP contribution is -2.36. The van der Waals surface area contributed by atoms with E-state index in [1.54, 1.807) is 6.34 Å². The smallest absolute Gasteiger partial charge is 0.417 e. The molecule has 4 aliphatic rings. The predicted molar refractivity (Wildman–Crippen MR) is 118 cm³/mol. The highest BCUT2D eigenvalue weighted by atomic mass is 19.4. The van der Waals surface area contributed by atoms with Crippen LogP contribution in [-0.2, 0) is 4.79 Å². The molecule has 11 heteroatoms. The van der Waals surface area contributed by atoms with Gasteiger partial charge in [0.1, 0.15) is 0 Å². The number of halogens is 3. The van der Waals surface area contributed by atoms with Gasteiger partial charge in [0.05, 0.1) is 36.6 Å². The Balaban J connectivity index is 1.42. The number of fused-ring (bicyclic) bond motifs is 1. The Labute approximate surface area is 187 Å². The molecule has 0 bridgehead atoms. The second-order valence-corrected chi connectivity index (χ2v) is 7.93.